The number of carboxylic acids is 1. The molecule has 2 aromatic carbocycles. The fourth-order valence-electron chi connectivity index (χ4n) is 2.57. The molecule has 0 radical (unpaired) electrons. The maximum absolute atomic E-state index is 11.0. The quantitative estimate of drug-likeness (QED) is 0.525. The van der Waals surface area contributed by atoms with Crippen LogP contribution in [-0.2, 0) is 0 Å². The molecule has 0 spiro atoms. The van der Waals surface area contributed by atoms with Crippen molar-refractivity contribution < 1.29 is 9.90 Å². The predicted molar refractivity (Wildman–Crippen MR) is 80.3 cm³/mol. The number of carbonyl (C=O) groups is 1. The van der Waals surface area contributed by atoms with Crippen LogP contribution in [-0.4, -0.2) is 26.3 Å². The molecule has 0 atom stereocenters. The summed E-state index contributed by atoms with van der Waals surface area (Å²) < 4.78 is 0. The van der Waals surface area contributed by atoms with Crippen LogP contribution in [0.5, 0.6) is 0 Å². The van der Waals surface area contributed by atoms with Crippen molar-refractivity contribution in [1.82, 2.24) is 15.2 Å². The van der Waals surface area contributed by atoms with Crippen molar-refractivity contribution in [3.63, 3.8) is 0 Å². The van der Waals surface area contributed by atoms with Crippen LogP contribution in [0.25, 0.3) is 33.1 Å². The Labute approximate surface area is 119 Å². The largest absolute Gasteiger partial charge is 0.478 e. The summed E-state index contributed by atoms with van der Waals surface area (Å²) in [7, 11) is 0. The van der Waals surface area contributed by atoms with Gasteiger partial charge in [0.15, 0.2) is 0 Å². The van der Waals surface area contributed by atoms with E-state index in [-0.39, 0.29) is 5.56 Å². The Morgan fingerprint density at radius 2 is 1.95 bits per heavy atom. The molecule has 3 N–H and O–H groups in total. The number of H-pyrrole nitrogens is 2. The topological polar surface area (TPSA) is 81.8 Å². The maximum atomic E-state index is 11.0. The van der Waals surface area contributed by atoms with Gasteiger partial charge in [0.05, 0.1) is 16.8 Å². The lowest BCUT2D eigenvalue weighted by Crippen LogP contribution is -1.94. The molecule has 0 unspecified atom stereocenters. The van der Waals surface area contributed by atoms with Crippen LogP contribution in [0.1, 0.15) is 10.4 Å². The minimum atomic E-state index is -0.944. The van der Waals surface area contributed by atoms with Gasteiger partial charge in [-0.3, -0.25) is 5.10 Å². The number of rotatable bonds is 2. The Morgan fingerprint density at radius 1 is 1.05 bits per heavy atom. The van der Waals surface area contributed by atoms with Crippen LogP contribution < -0.4 is 0 Å². The molecule has 2 aromatic heterocycles. The van der Waals surface area contributed by atoms with Crippen LogP contribution in [0, 0.1) is 0 Å². The van der Waals surface area contributed by atoms with E-state index in [4.69, 9.17) is 5.11 Å². The second-order valence-corrected chi connectivity index (χ2v) is 4.92. The smallest absolute Gasteiger partial charge is 0.335 e. The Hall–Kier alpha value is -3.08. The monoisotopic (exact) mass is 277 g/mol. The van der Waals surface area contributed by atoms with Gasteiger partial charge in [-0.25, -0.2) is 4.79 Å². The maximum Gasteiger partial charge on any atom is 0.335 e. The van der Waals surface area contributed by atoms with E-state index in [1.165, 1.54) is 0 Å². The lowest BCUT2D eigenvalue weighted by Gasteiger charge is -1.99. The lowest BCUT2D eigenvalue weighted by atomic mass is 10.1. The van der Waals surface area contributed by atoms with Crippen molar-refractivity contribution in [3.05, 3.63) is 54.2 Å². The number of hydrogen-bond donors (Lipinski definition) is 3. The Morgan fingerprint density at radius 3 is 2.81 bits per heavy atom. The van der Waals surface area contributed by atoms with E-state index in [9.17, 15) is 4.79 Å². The molecule has 4 rings (SSSR count). The molecule has 0 bridgehead atoms. The number of benzene rings is 2. The minimum Gasteiger partial charge on any atom is -0.478 e. The zero-order valence-electron chi connectivity index (χ0n) is 10.9. The summed E-state index contributed by atoms with van der Waals surface area (Å²) in [5, 5.41) is 18.3. The van der Waals surface area contributed by atoms with Crippen molar-refractivity contribution in [2.24, 2.45) is 0 Å². The van der Waals surface area contributed by atoms with Gasteiger partial charge in [0.2, 0.25) is 0 Å². The number of hydrogen-bond acceptors (Lipinski definition) is 2. The van der Waals surface area contributed by atoms with Crippen LogP contribution in [0.15, 0.2) is 48.7 Å². The average Bonchev–Trinajstić information content (AvgIpc) is 3.12. The highest BCUT2D eigenvalue weighted by molar-refractivity contribution is 5.99. The zero-order chi connectivity index (χ0) is 14.4. The normalized spacial score (nSPS) is 11.2. The molecule has 0 aliphatic rings. The third kappa shape index (κ3) is 1.79. The molecule has 102 valence electrons. The first-order chi connectivity index (χ1) is 10.2. The predicted octanol–water partition coefficient (Wildman–Crippen LogP) is 3.41. The summed E-state index contributed by atoms with van der Waals surface area (Å²) in [6, 6.07) is 13.1. The standard InChI is InChI=1S/C16H11N3O2/c20-16(21)11-3-4-12-14(8-11)18-19-15(12)10-2-1-9-5-6-17-13(9)7-10/h1-8,17H,(H,18,19)(H,20,21). The van der Waals surface area contributed by atoms with Gasteiger partial charge in [0.25, 0.3) is 0 Å². The van der Waals surface area contributed by atoms with Gasteiger partial charge in [-0.1, -0.05) is 12.1 Å². The SMILES string of the molecule is O=C(O)c1ccc2c(-c3ccc4cc[nH]c4c3)n[nH]c2c1. The average molecular weight is 277 g/mol. The first-order valence-electron chi connectivity index (χ1n) is 6.51. The van der Waals surface area contributed by atoms with E-state index in [0.717, 1.165) is 33.1 Å². The third-order valence-corrected chi connectivity index (χ3v) is 3.64. The van der Waals surface area contributed by atoms with E-state index in [0.29, 0.717) is 0 Å². The van der Waals surface area contributed by atoms with Gasteiger partial charge in [0.1, 0.15) is 0 Å². The Bertz CT molecular complexity index is 981. The van der Waals surface area contributed by atoms with Crippen molar-refractivity contribution in [2.75, 3.05) is 0 Å². The van der Waals surface area contributed by atoms with Gasteiger partial charge in [-0.15, -0.1) is 0 Å². The van der Waals surface area contributed by atoms with Crippen LogP contribution in [0.4, 0.5) is 0 Å². The van der Waals surface area contributed by atoms with E-state index in [2.05, 4.69) is 15.2 Å². The molecular formula is C16H11N3O2. The van der Waals surface area contributed by atoms with Crippen LogP contribution in [0.2, 0.25) is 0 Å². The van der Waals surface area contributed by atoms with E-state index in [1.807, 2.05) is 30.5 Å². The second-order valence-electron chi connectivity index (χ2n) is 4.92. The van der Waals surface area contributed by atoms with Crippen molar-refractivity contribution >= 4 is 27.8 Å². The highest BCUT2D eigenvalue weighted by Gasteiger charge is 2.11. The minimum absolute atomic E-state index is 0.248. The van der Waals surface area contributed by atoms with E-state index in [1.54, 1.807) is 18.2 Å². The molecule has 0 saturated heterocycles. The molecule has 4 aromatic rings. The summed E-state index contributed by atoms with van der Waals surface area (Å²) in [4.78, 5) is 14.2. The molecule has 0 aliphatic heterocycles. The van der Waals surface area contributed by atoms with Crippen LogP contribution in [0.3, 0.4) is 0 Å². The highest BCUT2D eigenvalue weighted by atomic mass is 16.4. The molecule has 0 saturated carbocycles. The fraction of sp³-hybridized carbons (Fsp3) is 0. The van der Waals surface area contributed by atoms with E-state index >= 15 is 0 Å². The molecule has 5 heteroatoms. The summed E-state index contributed by atoms with van der Waals surface area (Å²) in [5.41, 5.74) is 3.82. The third-order valence-electron chi connectivity index (χ3n) is 3.64. The number of nitrogens with one attached hydrogen (secondary N) is 2. The number of aromatic carboxylic acids is 1. The first kappa shape index (κ1) is 11.7. The van der Waals surface area contributed by atoms with Crippen LogP contribution >= 0.6 is 0 Å². The van der Waals surface area contributed by atoms with Gasteiger partial charge < -0.3 is 10.1 Å². The molecule has 5 nitrogen and oxygen atoms in total. The fourth-order valence-corrected chi connectivity index (χ4v) is 2.57. The number of aromatic nitrogens is 3. The number of aromatic amines is 2. The number of carboxylic acid groups (broad SMARTS) is 1. The Kier molecular flexibility index (Phi) is 2.35. The highest BCUT2D eigenvalue weighted by Crippen LogP contribution is 2.29. The van der Waals surface area contributed by atoms with Gasteiger partial charge in [0, 0.05) is 22.7 Å². The molecule has 0 aliphatic carbocycles. The number of fused-ring (bicyclic) bond motifs is 2. The first-order valence-corrected chi connectivity index (χ1v) is 6.51. The molecule has 21 heavy (non-hydrogen) atoms. The summed E-state index contributed by atoms with van der Waals surface area (Å²) in [6.07, 6.45) is 1.90. The lowest BCUT2D eigenvalue weighted by molar-refractivity contribution is 0.0697. The molecule has 0 amide bonds. The van der Waals surface area contributed by atoms with Gasteiger partial charge in [-0.05, 0) is 35.7 Å². The summed E-state index contributed by atoms with van der Waals surface area (Å²) in [6.45, 7) is 0. The summed E-state index contributed by atoms with van der Waals surface area (Å²) >= 11 is 0. The number of nitrogens with zero attached hydrogens (tertiary/aromatic N) is 1. The zero-order valence-corrected chi connectivity index (χ0v) is 10.9. The molecule has 0 fully saturated rings. The molecule has 2 heterocycles. The summed E-state index contributed by atoms with van der Waals surface area (Å²) in [5.74, 6) is -0.944. The van der Waals surface area contributed by atoms with Crippen molar-refractivity contribution in [2.45, 2.75) is 0 Å². The van der Waals surface area contributed by atoms with E-state index < -0.39 is 5.97 Å². The van der Waals surface area contributed by atoms with Crippen molar-refractivity contribution in [1.29, 1.82) is 0 Å². The second kappa shape index (κ2) is 4.21. The molecular weight excluding hydrogens is 266 g/mol. The van der Waals surface area contributed by atoms with Crippen molar-refractivity contribution in [3.8, 4) is 11.3 Å². The Balaban J connectivity index is 1.91. The van der Waals surface area contributed by atoms with Gasteiger partial charge >= 0.3 is 5.97 Å². The van der Waals surface area contributed by atoms with Gasteiger partial charge in [-0.2, -0.15) is 5.10 Å².